The number of rotatable bonds is 6. The fourth-order valence-electron chi connectivity index (χ4n) is 0.921. The van der Waals surface area contributed by atoms with Gasteiger partial charge in [-0.1, -0.05) is 24.9 Å². The van der Waals surface area contributed by atoms with Crippen molar-refractivity contribution < 1.29 is 4.74 Å². The molecule has 0 aromatic heterocycles. The van der Waals surface area contributed by atoms with Gasteiger partial charge in [-0.25, -0.2) is 0 Å². The van der Waals surface area contributed by atoms with Gasteiger partial charge in [-0.2, -0.15) is 0 Å². The van der Waals surface area contributed by atoms with Gasteiger partial charge in [0.15, 0.2) is 5.05 Å². The van der Waals surface area contributed by atoms with Crippen LogP contribution in [0.2, 0.25) is 0 Å². The molecule has 13 heavy (non-hydrogen) atoms. The van der Waals surface area contributed by atoms with Crippen LogP contribution in [0.5, 0.6) is 0 Å². The highest BCUT2D eigenvalue weighted by molar-refractivity contribution is 7.80. The monoisotopic (exact) mass is 201 g/mol. The molecule has 0 aliphatic carbocycles. The summed E-state index contributed by atoms with van der Waals surface area (Å²) in [5, 5.41) is 4.01. The summed E-state index contributed by atoms with van der Waals surface area (Å²) < 4.78 is 5.12. The molecular weight excluding hydrogens is 186 g/mol. The van der Waals surface area contributed by atoms with Crippen LogP contribution in [0, 0.1) is 0 Å². The van der Waals surface area contributed by atoms with E-state index in [9.17, 15) is 0 Å². The summed E-state index contributed by atoms with van der Waals surface area (Å²) in [4.78, 5) is 2.75. The highest BCUT2D eigenvalue weighted by atomic mass is 32.1. The van der Waals surface area contributed by atoms with Crippen LogP contribution in [0.1, 0.15) is 33.1 Å². The predicted molar refractivity (Wildman–Crippen MR) is 56.7 cm³/mol. The predicted octanol–water partition coefficient (Wildman–Crippen LogP) is 3.22. The lowest BCUT2D eigenvalue weighted by molar-refractivity contribution is 0.318. The summed E-state index contributed by atoms with van der Waals surface area (Å²) in [6.07, 6.45) is 2.84. The molecule has 0 aliphatic rings. The smallest absolute Gasteiger partial charge is 0.168 e. The summed E-state index contributed by atoms with van der Waals surface area (Å²) in [5.74, 6) is 0. The first-order valence-corrected chi connectivity index (χ1v) is 4.87. The zero-order valence-electron chi connectivity index (χ0n) is 8.06. The zero-order chi connectivity index (χ0) is 10.1. The molecule has 1 unspecified atom stereocenters. The van der Waals surface area contributed by atoms with Gasteiger partial charge < -0.3 is 4.74 Å². The molecular formula is C8H15N3OS. The maximum absolute atomic E-state index is 8.30. The van der Waals surface area contributed by atoms with Crippen molar-refractivity contribution in [1.82, 2.24) is 0 Å². The van der Waals surface area contributed by atoms with E-state index in [1.807, 2.05) is 6.92 Å². The number of nitrogens with zero attached hydrogens (tertiary/aromatic N) is 3. The van der Waals surface area contributed by atoms with Crippen molar-refractivity contribution in [1.29, 1.82) is 0 Å². The minimum absolute atomic E-state index is 0.278. The van der Waals surface area contributed by atoms with Crippen LogP contribution in [0.25, 0.3) is 10.4 Å². The minimum atomic E-state index is -0.278. The standard InChI is InChI=1S/C8H15N3OS/c1-3-5-6-7(10-11-9)8(13)12-4-2/h7H,3-6H2,1-2H3. The zero-order valence-corrected chi connectivity index (χ0v) is 8.88. The first kappa shape index (κ1) is 12.2. The lowest BCUT2D eigenvalue weighted by Gasteiger charge is -2.11. The van der Waals surface area contributed by atoms with Crippen molar-refractivity contribution >= 4 is 17.3 Å². The second-order valence-electron chi connectivity index (χ2n) is 2.61. The molecule has 0 rings (SSSR count). The van der Waals surface area contributed by atoms with Crippen LogP contribution in [-0.2, 0) is 4.74 Å². The number of thiocarbonyl (C=S) groups is 1. The number of unbranched alkanes of at least 4 members (excludes halogenated alkanes) is 1. The van der Waals surface area contributed by atoms with E-state index in [-0.39, 0.29) is 6.04 Å². The molecule has 5 heteroatoms. The fourth-order valence-corrected chi connectivity index (χ4v) is 1.20. The summed E-state index contributed by atoms with van der Waals surface area (Å²) in [7, 11) is 0. The molecule has 0 aromatic carbocycles. The Morgan fingerprint density at radius 2 is 2.31 bits per heavy atom. The maximum Gasteiger partial charge on any atom is 0.168 e. The third-order valence-corrected chi connectivity index (χ3v) is 1.97. The van der Waals surface area contributed by atoms with Gasteiger partial charge in [0.2, 0.25) is 0 Å². The van der Waals surface area contributed by atoms with Gasteiger partial charge in [-0.15, -0.1) is 0 Å². The molecule has 0 bridgehead atoms. The van der Waals surface area contributed by atoms with Gasteiger partial charge in [-0.3, -0.25) is 0 Å². The molecule has 0 saturated carbocycles. The molecule has 0 amide bonds. The summed E-state index contributed by atoms with van der Waals surface area (Å²) in [6, 6.07) is -0.278. The second-order valence-corrected chi connectivity index (χ2v) is 3.02. The summed E-state index contributed by atoms with van der Waals surface area (Å²) >= 11 is 4.97. The number of hydrogen-bond acceptors (Lipinski definition) is 3. The highest BCUT2D eigenvalue weighted by Crippen LogP contribution is 2.08. The van der Waals surface area contributed by atoms with Gasteiger partial charge >= 0.3 is 0 Å². The summed E-state index contributed by atoms with van der Waals surface area (Å²) in [6.45, 7) is 4.47. The van der Waals surface area contributed by atoms with Crippen LogP contribution in [-0.4, -0.2) is 17.7 Å². The normalized spacial score (nSPS) is 11.5. The van der Waals surface area contributed by atoms with Crippen LogP contribution >= 0.6 is 12.2 Å². The molecule has 1 atom stereocenters. The minimum Gasteiger partial charge on any atom is -0.487 e. The van der Waals surface area contributed by atoms with E-state index >= 15 is 0 Å². The lowest BCUT2D eigenvalue weighted by Crippen LogP contribution is -2.18. The van der Waals surface area contributed by atoms with E-state index < -0.39 is 0 Å². The first-order chi connectivity index (χ1) is 6.26. The van der Waals surface area contributed by atoms with E-state index in [4.69, 9.17) is 22.5 Å². The van der Waals surface area contributed by atoms with Crippen LogP contribution in [0.4, 0.5) is 0 Å². The quantitative estimate of drug-likeness (QED) is 0.287. The SMILES string of the molecule is CCCCC(N=[N+]=[N-])C(=S)OCC. The van der Waals surface area contributed by atoms with E-state index in [2.05, 4.69) is 16.9 Å². The Bertz CT molecular complexity index is 202. The third kappa shape index (κ3) is 5.44. The molecule has 0 spiro atoms. The van der Waals surface area contributed by atoms with E-state index in [0.29, 0.717) is 11.7 Å². The van der Waals surface area contributed by atoms with Crippen molar-refractivity contribution in [3.63, 3.8) is 0 Å². The van der Waals surface area contributed by atoms with Gasteiger partial charge in [-0.05, 0) is 31.1 Å². The molecule has 0 aliphatic heterocycles. The Labute approximate surface area is 83.9 Å². The first-order valence-electron chi connectivity index (χ1n) is 4.47. The Balaban J connectivity index is 4.06. The van der Waals surface area contributed by atoms with Crippen LogP contribution < -0.4 is 0 Å². The summed E-state index contributed by atoms with van der Waals surface area (Å²) in [5.41, 5.74) is 8.30. The Morgan fingerprint density at radius 3 is 2.77 bits per heavy atom. The van der Waals surface area contributed by atoms with Crippen molar-refractivity contribution in [2.45, 2.75) is 39.2 Å². The molecule has 74 valence electrons. The molecule has 0 radical (unpaired) electrons. The third-order valence-electron chi connectivity index (χ3n) is 1.58. The average molecular weight is 201 g/mol. The fraction of sp³-hybridized carbons (Fsp3) is 0.875. The molecule has 0 heterocycles. The van der Waals surface area contributed by atoms with Crippen molar-refractivity contribution in [2.24, 2.45) is 5.11 Å². The average Bonchev–Trinajstić information content (AvgIpc) is 2.12. The Kier molecular flexibility index (Phi) is 7.35. The molecule has 0 saturated heterocycles. The van der Waals surface area contributed by atoms with E-state index in [1.54, 1.807) is 0 Å². The number of ether oxygens (including phenoxy) is 1. The largest absolute Gasteiger partial charge is 0.487 e. The highest BCUT2D eigenvalue weighted by Gasteiger charge is 2.12. The van der Waals surface area contributed by atoms with Crippen molar-refractivity contribution in [3.05, 3.63) is 10.4 Å². The second kappa shape index (κ2) is 7.83. The van der Waals surface area contributed by atoms with E-state index in [0.717, 1.165) is 19.3 Å². The number of azide groups is 1. The maximum atomic E-state index is 8.30. The van der Waals surface area contributed by atoms with Crippen molar-refractivity contribution in [2.75, 3.05) is 6.61 Å². The van der Waals surface area contributed by atoms with Gasteiger partial charge in [0.25, 0.3) is 0 Å². The topological polar surface area (TPSA) is 58.0 Å². The molecule has 0 fully saturated rings. The van der Waals surface area contributed by atoms with Crippen LogP contribution in [0.15, 0.2) is 5.11 Å². The van der Waals surface area contributed by atoms with Crippen molar-refractivity contribution in [3.8, 4) is 0 Å². The Morgan fingerprint density at radius 1 is 1.62 bits per heavy atom. The van der Waals surface area contributed by atoms with E-state index in [1.165, 1.54) is 0 Å². The van der Waals surface area contributed by atoms with Gasteiger partial charge in [0.1, 0.15) is 6.04 Å². The number of hydrogen-bond donors (Lipinski definition) is 0. The van der Waals surface area contributed by atoms with Crippen LogP contribution in [0.3, 0.4) is 0 Å². The molecule has 0 aromatic rings. The molecule has 4 nitrogen and oxygen atoms in total. The molecule has 0 N–H and O–H groups in total. The Hall–Kier alpha value is -0.800. The lowest BCUT2D eigenvalue weighted by atomic mass is 10.1. The van der Waals surface area contributed by atoms with Gasteiger partial charge in [0, 0.05) is 4.91 Å². The van der Waals surface area contributed by atoms with Gasteiger partial charge in [0.05, 0.1) is 6.61 Å².